The maximum absolute atomic E-state index is 13.0. The van der Waals surface area contributed by atoms with Crippen molar-refractivity contribution in [1.29, 1.82) is 0 Å². The lowest BCUT2D eigenvalue weighted by molar-refractivity contribution is 0.331. The van der Waals surface area contributed by atoms with Gasteiger partial charge in [-0.15, -0.1) is 0 Å². The van der Waals surface area contributed by atoms with E-state index in [-0.39, 0.29) is 5.82 Å². The van der Waals surface area contributed by atoms with Crippen LogP contribution in [0.5, 0.6) is 0 Å². The van der Waals surface area contributed by atoms with Crippen molar-refractivity contribution in [2.24, 2.45) is 0 Å². The fraction of sp³-hybridized carbons (Fsp3) is 0.455. The van der Waals surface area contributed by atoms with E-state index in [9.17, 15) is 4.39 Å². The summed E-state index contributed by atoms with van der Waals surface area (Å²) in [5.41, 5.74) is 7.06. The Morgan fingerprint density at radius 2 is 1.93 bits per heavy atom. The minimum atomic E-state index is -0.237. The van der Waals surface area contributed by atoms with Gasteiger partial charge in [-0.05, 0) is 49.7 Å². The average Bonchev–Trinajstić information content (AvgIpc) is 2.54. The van der Waals surface area contributed by atoms with Crippen molar-refractivity contribution in [1.82, 2.24) is 4.90 Å². The van der Waals surface area contributed by atoms with Crippen molar-refractivity contribution in [3.63, 3.8) is 0 Å². The number of benzene rings is 1. The summed E-state index contributed by atoms with van der Waals surface area (Å²) in [5, 5.41) is 0. The first-order valence-corrected chi connectivity index (χ1v) is 5.01. The number of hydrogen-bond donors (Lipinski definition) is 1. The van der Waals surface area contributed by atoms with Crippen LogP contribution in [0.4, 0.5) is 10.1 Å². The molecule has 0 bridgehead atoms. The maximum atomic E-state index is 13.0. The summed E-state index contributed by atoms with van der Waals surface area (Å²) >= 11 is 0. The van der Waals surface area contributed by atoms with Crippen molar-refractivity contribution in [2.75, 3.05) is 18.8 Å². The van der Waals surface area contributed by atoms with Gasteiger partial charge < -0.3 is 5.73 Å². The van der Waals surface area contributed by atoms with Crippen LogP contribution in [0.25, 0.3) is 0 Å². The van der Waals surface area contributed by atoms with E-state index in [4.69, 9.17) is 5.73 Å². The Labute approximate surface area is 83.5 Å². The molecule has 1 fully saturated rings. The quantitative estimate of drug-likeness (QED) is 0.730. The molecule has 2 N–H and O–H groups in total. The SMILES string of the molecule is Nc1cc(F)cc(CN2CCCC2)c1. The number of likely N-dealkylation sites (tertiary alicyclic amines) is 1. The first kappa shape index (κ1) is 9.46. The molecule has 2 rings (SSSR count). The minimum Gasteiger partial charge on any atom is -0.399 e. The molecule has 2 nitrogen and oxygen atoms in total. The number of rotatable bonds is 2. The summed E-state index contributed by atoms with van der Waals surface area (Å²) in [5.74, 6) is -0.237. The first-order valence-electron chi connectivity index (χ1n) is 5.01. The third-order valence-corrected chi connectivity index (χ3v) is 2.58. The highest BCUT2D eigenvalue weighted by Crippen LogP contribution is 2.16. The molecule has 1 aromatic carbocycles. The van der Waals surface area contributed by atoms with Crippen molar-refractivity contribution in [3.8, 4) is 0 Å². The van der Waals surface area contributed by atoms with Gasteiger partial charge in [0.25, 0.3) is 0 Å². The average molecular weight is 194 g/mol. The molecule has 1 aromatic rings. The van der Waals surface area contributed by atoms with E-state index in [0.29, 0.717) is 5.69 Å². The van der Waals surface area contributed by atoms with Gasteiger partial charge in [0, 0.05) is 12.2 Å². The lowest BCUT2D eigenvalue weighted by atomic mass is 10.2. The van der Waals surface area contributed by atoms with Gasteiger partial charge in [0.2, 0.25) is 0 Å². The van der Waals surface area contributed by atoms with Crippen LogP contribution in [0.3, 0.4) is 0 Å². The monoisotopic (exact) mass is 194 g/mol. The van der Waals surface area contributed by atoms with Crippen LogP contribution in [0.1, 0.15) is 18.4 Å². The van der Waals surface area contributed by atoms with Gasteiger partial charge in [0.05, 0.1) is 0 Å². The second-order valence-electron chi connectivity index (χ2n) is 3.88. The third kappa shape index (κ3) is 2.23. The molecule has 0 aliphatic carbocycles. The summed E-state index contributed by atoms with van der Waals surface area (Å²) in [6, 6.07) is 4.77. The summed E-state index contributed by atoms with van der Waals surface area (Å²) in [6.07, 6.45) is 2.51. The number of anilines is 1. The van der Waals surface area contributed by atoms with Crippen LogP contribution in [-0.4, -0.2) is 18.0 Å². The molecule has 1 aliphatic heterocycles. The minimum absolute atomic E-state index is 0.237. The fourth-order valence-electron chi connectivity index (χ4n) is 1.97. The molecule has 14 heavy (non-hydrogen) atoms. The molecule has 1 heterocycles. The van der Waals surface area contributed by atoms with Crippen LogP contribution in [-0.2, 0) is 6.54 Å². The van der Waals surface area contributed by atoms with E-state index in [1.807, 2.05) is 6.07 Å². The zero-order chi connectivity index (χ0) is 9.97. The highest BCUT2D eigenvalue weighted by Gasteiger charge is 2.12. The molecular formula is C11H15FN2. The lowest BCUT2D eigenvalue weighted by Crippen LogP contribution is -2.18. The zero-order valence-corrected chi connectivity index (χ0v) is 8.17. The number of halogens is 1. The molecule has 1 saturated heterocycles. The van der Waals surface area contributed by atoms with E-state index < -0.39 is 0 Å². The van der Waals surface area contributed by atoms with Crippen molar-refractivity contribution >= 4 is 5.69 Å². The van der Waals surface area contributed by atoms with Crippen LogP contribution in [0.15, 0.2) is 18.2 Å². The molecule has 3 heteroatoms. The van der Waals surface area contributed by atoms with Crippen molar-refractivity contribution in [2.45, 2.75) is 19.4 Å². The first-order chi connectivity index (χ1) is 6.74. The molecule has 76 valence electrons. The molecule has 0 radical (unpaired) electrons. The van der Waals surface area contributed by atoms with Crippen LogP contribution < -0.4 is 5.73 Å². The normalized spacial score (nSPS) is 17.5. The maximum Gasteiger partial charge on any atom is 0.125 e. The van der Waals surface area contributed by atoms with E-state index in [0.717, 1.165) is 25.2 Å². The van der Waals surface area contributed by atoms with Gasteiger partial charge in [-0.1, -0.05) is 0 Å². The summed E-state index contributed by atoms with van der Waals surface area (Å²) < 4.78 is 13.0. The highest BCUT2D eigenvalue weighted by molar-refractivity contribution is 5.41. The molecular weight excluding hydrogens is 179 g/mol. The Morgan fingerprint density at radius 1 is 1.21 bits per heavy atom. The summed E-state index contributed by atoms with van der Waals surface area (Å²) in [4.78, 5) is 2.33. The molecule has 0 saturated carbocycles. The largest absolute Gasteiger partial charge is 0.399 e. The van der Waals surface area contributed by atoms with Crippen LogP contribution >= 0.6 is 0 Å². The van der Waals surface area contributed by atoms with E-state index in [2.05, 4.69) is 4.90 Å². The zero-order valence-electron chi connectivity index (χ0n) is 8.17. The molecule has 0 amide bonds. The van der Waals surface area contributed by atoms with E-state index in [1.165, 1.54) is 18.9 Å². The standard InChI is InChI=1S/C11H15FN2/c12-10-5-9(6-11(13)7-10)8-14-3-1-2-4-14/h5-7H,1-4,8,13H2. The number of nitrogen functional groups attached to an aromatic ring is 1. The van der Waals surface area contributed by atoms with Gasteiger partial charge in [-0.3, -0.25) is 4.90 Å². The van der Waals surface area contributed by atoms with Gasteiger partial charge in [0.1, 0.15) is 5.82 Å². The topological polar surface area (TPSA) is 29.3 Å². The van der Waals surface area contributed by atoms with E-state index in [1.54, 1.807) is 6.07 Å². The van der Waals surface area contributed by atoms with Gasteiger partial charge in [-0.2, -0.15) is 0 Å². The molecule has 0 aromatic heterocycles. The van der Waals surface area contributed by atoms with Crippen molar-refractivity contribution in [3.05, 3.63) is 29.6 Å². The number of nitrogens with two attached hydrogens (primary N) is 1. The third-order valence-electron chi connectivity index (χ3n) is 2.58. The van der Waals surface area contributed by atoms with E-state index >= 15 is 0 Å². The van der Waals surface area contributed by atoms with Crippen LogP contribution in [0.2, 0.25) is 0 Å². The van der Waals surface area contributed by atoms with Gasteiger partial charge in [-0.25, -0.2) is 4.39 Å². The Bertz CT molecular complexity index is 299. The Kier molecular flexibility index (Phi) is 2.68. The number of nitrogens with zero attached hydrogens (tertiary/aromatic N) is 1. The summed E-state index contributed by atoms with van der Waals surface area (Å²) in [6.45, 7) is 3.06. The predicted octanol–water partition coefficient (Wildman–Crippen LogP) is 2.00. The van der Waals surface area contributed by atoms with Crippen LogP contribution in [0, 0.1) is 5.82 Å². The Balaban J connectivity index is 2.07. The lowest BCUT2D eigenvalue weighted by Gasteiger charge is -2.14. The molecule has 1 aliphatic rings. The second-order valence-corrected chi connectivity index (χ2v) is 3.88. The smallest absolute Gasteiger partial charge is 0.125 e. The highest BCUT2D eigenvalue weighted by atomic mass is 19.1. The molecule has 0 unspecified atom stereocenters. The van der Waals surface area contributed by atoms with Crippen molar-refractivity contribution < 1.29 is 4.39 Å². The number of hydrogen-bond acceptors (Lipinski definition) is 2. The molecule has 0 atom stereocenters. The van der Waals surface area contributed by atoms with Gasteiger partial charge >= 0.3 is 0 Å². The van der Waals surface area contributed by atoms with Gasteiger partial charge in [0.15, 0.2) is 0 Å². The predicted molar refractivity (Wildman–Crippen MR) is 55.3 cm³/mol. The Hall–Kier alpha value is -1.09. The Morgan fingerprint density at radius 3 is 2.57 bits per heavy atom. The second kappa shape index (κ2) is 3.96. The summed E-state index contributed by atoms with van der Waals surface area (Å²) in [7, 11) is 0. The molecule has 0 spiro atoms. The fourth-order valence-corrected chi connectivity index (χ4v) is 1.97.